The highest BCUT2D eigenvalue weighted by atomic mass is 35.5. The molecule has 1 N–H and O–H groups in total. The van der Waals surface area contributed by atoms with Crippen LogP contribution in [0.3, 0.4) is 0 Å². The molecular weight excluding hydrogens is 252 g/mol. The van der Waals surface area contributed by atoms with Crippen molar-refractivity contribution in [2.75, 3.05) is 12.5 Å². The number of aliphatic hydroxyl groups is 1. The molecule has 0 aromatic carbocycles. The summed E-state index contributed by atoms with van der Waals surface area (Å²) in [6.45, 7) is 4.18. The van der Waals surface area contributed by atoms with Crippen molar-refractivity contribution in [3.8, 4) is 0 Å². The second-order valence-corrected chi connectivity index (χ2v) is 4.26. The second kappa shape index (κ2) is 11.3. The molecule has 0 amide bonds. The summed E-state index contributed by atoms with van der Waals surface area (Å²) in [5.41, 5.74) is 0. The first-order valence-electron chi connectivity index (χ1n) is 6.39. The normalized spacial score (nSPS) is 15.1. The summed E-state index contributed by atoms with van der Waals surface area (Å²) in [7, 11) is 0. The Labute approximate surface area is 114 Å². The van der Waals surface area contributed by atoms with Crippen LogP contribution in [0, 0.1) is 5.92 Å². The van der Waals surface area contributed by atoms with Gasteiger partial charge >= 0.3 is 5.97 Å². The number of carbonyl (C=O) groups excluding carboxylic acids is 1. The summed E-state index contributed by atoms with van der Waals surface area (Å²) in [5, 5.41) is 9.76. The lowest BCUT2D eigenvalue weighted by molar-refractivity contribution is -0.137. The van der Waals surface area contributed by atoms with Gasteiger partial charge in [0, 0.05) is 17.9 Å². The van der Waals surface area contributed by atoms with E-state index >= 15 is 0 Å². The highest BCUT2D eigenvalue weighted by Crippen LogP contribution is 2.15. The zero-order valence-electron chi connectivity index (χ0n) is 11.1. The zero-order valence-corrected chi connectivity index (χ0v) is 11.9. The SMILES string of the molecule is CCC=CCC[C@H](C=CC(=O)OCC)[C@@H](O)CCl. The Morgan fingerprint density at radius 1 is 1.39 bits per heavy atom. The monoisotopic (exact) mass is 274 g/mol. The number of carbonyl (C=O) groups is 1. The first-order chi connectivity index (χ1) is 8.65. The van der Waals surface area contributed by atoms with E-state index in [1.807, 2.05) is 0 Å². The lowest BCUT2D eigenvalue weighted by Crippen LogP contribution is -2.20. The number of esters is 1. The van der Waals surface area contributed by atoms with E-state index < -0.39 is 6.10 Å². The van der Waals surface area contributed by atoms with Gasteiger partial charge in [-0.15, -0.1) is 11.6 Å². The van der Waals surface area contributed by atoms with Gasteiger partial charge in [0.25, 0.3) is 0 Å². The lowest BCUT2D eigenvalue weighted by atomic mass is 9.97. The Morgan fingerprint density at radius 3 is 2.67 bits per heavy atom. The minimum atomic E-state index is -0.632. The van der Waals surface area contributed by atoms with Crippen LogP contribution in [0.5, 0.6) is 0 Å². The fraction of sp³-hybridized carbons (Fsp3) is 0.643. The van der Waals surface area contributed by atoms with E-state index in [2.05, 4.69) is 19.1 Å². The summed E-state index contributed by atoms with van der Waals surface area (Å²) in [5.74, 6) is -0.336. The molecule has 0 saturated heterocycles. The van der Waals surface area contributed by atoms with Gasteiger partial charge in [0.1, 0.15) is 0 Å². The van der Waals surface area contributed by atoms with Crippen molar-refractivity contribution in [2.24, 2.45) is 5.92 Å². The van der Waals surface area contributed by atoms with Crippen LogP contribution in [0.2, 0.25) is 0 Å². The summed E-state index contributed by atoms with van der Waals surface area (Å²) in [6, 6.07) is 0. The maximum atomic E-state index is 11.2. The third-order valence-corrected chi connectivity index (χ3v) is 2.80. The van der Waals surface area contributed by atoms with Crippen molar-refractivity contribution in [2.45, 2.75) is 39.2 Å². The molecular formula is C14H23ClO3. The molecule has 0 bridgehead atoms. The number of rotatable bonds is 9. The van der Waals surface area contributed by atoms with Crippen molar-refractivity contribution >= 4 is 17.6 Å². The van der Waals surface area contributed by atoms with Crippen LogP contribution >= 0.6 is 11.6 Å². The molecule has 18 heavy (non-hydrogen) atoms. The van der Waals surface area contributed by atoms with Crippen molar-refractivity contribution in [3.63, 3.8) is 0 Å². The molecule has 0 aliphatic carbocycles. The number of aliphatic hydroxyl groups excluding tert-OH is 1. The molecule has 0 unspecified atom stereocenters. The largest absolute Gasteiger partial charge is 0.463 e. The third-order valence-electron chi connectivity index (χ3n) is 2.49. The molecule has 0 fully saturated rings. The van der Waals surface area contributed by atoms with E-state index in [0.29, 0.717) is 6.61 Å². The molecule has 0 rings (SSSR count). The summed E-state index contributed by atoms with van der Waals surface area (Å²) >= 11 is 5.65. The van der Waals surface area contributed by atoms with Crippen LogP contribution in [-0.2, 0) is 9.53 Å². The number of hydrogen-bond acceptors (Lipinski definition) is 3. The number of halogens is 1. The molecule has 0 radical (unpaired) electrons. The van der Waals surface area contributed by atoms with Gasteiger partial charge in [-0.3, -0.25) is 0 Å². The number of hydrogen-bond donors (Lipinski definition) is 1. The van der Waals surface area contributed by atoms with Crippen LogP contribution in [0.4, 0.5) is 0 Å². The number of ether oxygens (including phenoxy) is 1. The molecule has 0 aromatic heterocycles. The molecule has 0 spiro atoms. The van der Waals surface area contributed by atoms with E-state index in [-0.39, 0.29) is 17.8 Å². The predicted molar refractivity (Wildman–Crippen MR) is 74.7 cm³/mol. The van der Waals surface area contributed by atoms with Crippen LogP contribution in [0.25, 0.3) is 0 Å². The second-order valence-electron chi connectivity index (χ2n) is 3.95. The molecule has 0 aromatic rings. The average molecular weight is 275 g/mol. The highest BCUT2D eigenvalue weighted by molar-refractivity contribution is 6.18. The Morgan fingerprint density at radius 2 is 2.11 bits per heavy atom. The predicted octanol–water partition coefficient (Wildman–Crippen LogP) is 3.07. The van der Waals surface area contributed by atoms with E-state index in [1.54, 1.807) is 13.0 Å². The maximum Gasteiger partial charge on any atom is 0.330 e. The standard InChI is InChI=1S/C14H23ClO3/c1-3-5-6-7-8-12(13(16)11-15)9-10-14(17)18-4-2/h5-6,9-10,12-13,16H,3-4,7-8,11H2,1-2H3/t12-,13+/m1/s1. The van der Waals surface area contributed by atoms with Gasteiger partial charge in [-0.25, -0.2) is 4.79 Å². The molecule has 2 atom stereocenters. The molecule has 3 nitrogen and oxygen atoms in total. The summed E-state index contributed by atoms with van der Waals surface area (Å²) in [6.07, 6.45) is 9.21. The smallest absolute Gasteiger partial charge is 0.330 e. The third kappa shape index (κ3) is 8.31. The fourth-order valence-corrected chi connectivity index (χ4v) is 1.73. The van der Waals surface area contributed by atoms with Gasteiger partial charge in [-0.1, -0.05) is 25.2 Å². The first kappa shape index (κ1) is 17.2. The van der Waals surface area contributed by atoms with Gasteiger partial charge in [-0.05, 0) is 26.2 Å². The minimum absolute atomic E-state index is 0.117. The zero-order chi connectivity index (χ0) is 13.8. The van der Waals surface area contributed by atoms with E-state index in [9.17, 15) is 9.90 Å². The Hall–Kier alpha value is -0.800. The Bertz CT molecular complexity index is 274. The number of alkyl halides is 1. The van der Waals surface area contributed by atoms with Crippen LogP contribution in [-0.4, -0.2) is 29.7 Å². The summed E-state index contributed by atoms with van der Waals surface area (Å²) in [4.78, 5) is 11.2. The van der Waals surface area contributed by atoms with E-state index in [4.69, 9.17) is 16.3 Å². The molecule has 0 saturated carbocycles. The van der Waals surface area contributed by atoms with Gasteiger partial charge < -0.3 is 9.84 Å². The van der Waals surface area contributed by atoms with Crippen LogP contribution in [0.15, 0.2) is 24.3 Å². The van der Waals surface area contributed by atoms with Crippen molar-refractivity contribution in [1.29, 1.82) is 0 Å². The Kier molecular flexibility index (Phi) is 10.8. The Balaban J connectivity index is 4.30. The van der Waals surface area contributed by atoms with Crippen molar-refractivity contribution in [1.82, 2.24) is 0 Å². The van der Waals surface area contributed by atoms with Crippen LogP contribution in [0.1, 0.15) is 33.1 Å². The molecule has 0 aliphatic rings. The minimum Gasteiger partial charge on any atom is -0.463 e. The first-order valence-corrected chi connectivity index (χ1v) is 6.93. The topological polar surface area (TPSA) is 46.5 Å². The number of allylic oxidation sites excluding steroid dienone is 2. The fourth-order valence-electron chi connectivity index (χ4n) is 1.50. The van der Waals surface area contributed by atoms with E-state index in [0.717, 1.165) is 19.3 Å². The van der Waals surface area contributed by atoms with Gasteiger partial charge in [0.15, 0.2) is 0 Å². The molecule has 104 valence electrons. The highest BCUT2D eigenvalue weighted by Gasteiger charge is 2.15. The quantitative estimate of drug-likeness (QED) is 0.304. The van der Waals surface area contributed by atoms with Gasteiger partial charge in [-0.2, -0.15) is 0 Å². The van der Waals surface area contributed by atoms with Crippen molar-refractivity contribution < 1.29 is 14.6 Å². The average Bonchev–Trinajstić information content (AvgIpc) is 2.37. The molecule has 0 aliphatic heterocycles. The maximum absolute atomic E-state index is 11.2. The summed E-state index contributed by atoms with van der Waals surface area (Å²) < 4.78 is 4.79. The van der Waals surface area contributed by atoms with Crippen molar-refractivity contribution in [3.05, 3.63) is 24.3 Å². The lowest BCUT2D eigenvalue weighted by Gasteiger charge is -2.16. The van der Waals surface area contributed by atoms with Gasteiger partial charge in [0.2, 0.25) is 0 Å². The van der Waals surface area contributed by atoms with E-state index in [1.165, 1.54) is 6.08 Å². The molecule has 4 heteroatoms. The molecule has 0 heterocycles. The van der Waals surface area contributed by atoms with Gasteiger partial charge in [0.05, 0.1) is 12.7 Å². The van der Waals surface area contributed by atoms with Crippen LogP contribution < -0.4 is 0 Å².